The number of fused-ring (bicyclic) bond motifs is 8. The van der Waals surface area contributed by atoms with Crippen LogP contribution in [0.3, 0.4) is 0 Å². The zero-order valence-electron chi connectivity index (χ0n) is 30.0. The Hall–Kier alpha value is -6.00. The number of aryl methyl sites for hydroxylation is 4. The standard InChI is InChI=1S/C48H36N4.Fe/c1-29-5-13-33(14-6-29)45-37-21-23-39(49-37)46(34-15-7-30(2)8-16-34)41-25-27-43(51-41)48(36-19-11-32(4)12-20-36)44-28-26-42(52-44)47(40-24-22-38(45)50-40)35-17-9-31(3)10-18-35;/h5-28H,1-4H3;/q-2;+2. The first-order valence-corrected chi connectivity index (χ1v) is 17.7. The van der Waals surface area contributed by atoms with Crippen LogP contribution in [-0.4, -0.2) is 9.97 Å². The van der Waals surface area contributed by atoms with Crippen LogP contribution in [0.2, 0.25) is 0 Å². The van der Waals surface area contributed by atoms with Gasteiger partial charge >= 0.3 is 17.1 Å². The van der Waals surface area contributed by atoms with Crippen LogP contribution in [0, 0.1) is 27.7 Å². The van der Waals surface area contributed by atoms with Gasteiger partial charge in [0.15, 0.2) is 0 Å². The third-order valence-electron chi connectivity index (χ3n) is 9.97. The Kier molecular flexibility index (Phi) is 8.91. The van der Waals surface area contributed by atoms with E-state index in [0.29, 0.717) is 0 Å². The van der Waals surface area contributed by atoms with Crippen molar-refractivity contribution in [2.24, 2.45) is 0 Å². The van der Waals surface area contributed by atoms with E-state index in [1.54, 1.807) is 0 Å². The molecule has 0 unspecified atom stereocenters. The third-order valence-corrected chi connectivity index (χ3v) is 9.97. The number of nitrogens with zero attached hydrogens (tertiary/aromatic N) is 4. The summed E-state index contributed by atoms with van der Waals surface area (Å²) in [6, 6.07) is 43.0. The molecular weight excluding hydrogens is 688 g/mol. The summed E-state index contributed by atoms with van der Waals surface area (Å²) in [7, 11) is 0. The molecule has 0 N–H and O–H groups in total. The van der Waals surface area contributed by atoms with E-state index in [0.717, 1.165) is 89.4 Å². The maximum Gasteiger partial charge on any atom is 2.00 e. The second kappa shape index (κ2) is 13.9. The fourth-order valence-corrected chi connectivity index (χ4v) is 7.15. The summed E-state index contributed by atoms with van der Waals surface area (Å²) in [5.74, 6) is 0. The molecule has 4 aromatic carbocycles. The van der Waals surface area contributed by atoms with Crippen LogP contribution >= 0.6 is 0 Å². The van der Waals surface area contributed by atoms with Gasteiger partial charge in [-0.2, -0.15) is 0 Å². The van der Waals surface area contributed by atoms with Gasteiger partial charge in [0, 0.05) is 0 Å². The van der Waals surface area contributed by atoms with Crippen molar-refractivity contribution in [3.63, 3.8) is 0 Å². The summed E-state index contributed by atoms with van der Waals surface area (Å²) < 4.78 is 0. The molecule has 2 aliphatic rings. The van der Waals surface area contributed by atoms with Crippen molar-refractivity contribution in [1.82, 2.24) is 19.9 Å². The SMILES string of the molecule is Cc1ccc(-c2c3nc(c(-c4ccc(C)cc4)c4ccc([n-]4)c(-c4ccc(C)cc4)c4nc(c(-c5ccc(C)cc5)c5ccc2[n-]5)C=C4)C=C3)cc1.[Fe+2]. The van der Waals surface area contributed by atoms with Gasteiger partial charge in [0.25, 0.3) is 0 Å². The molecule has 8 bridgehead atoms. The molecule has 7 aromatic rings. The van der Waals surface area contributed by atoms with Crippen LogP contribution in [0.1, 0.15) is 45.0 Å². The average molecular weight is 725 g/mol. The Bertz CT molecular complexity index is 2350. The topological polar surface area (TPSA) is 54.0 Å². The molecule has 0 saturated heterocycles. The van der Waals surface area contributed by atoms with Crippen molar-refractivity contribution in [3.05, 3.63) is 166 Å². The average Bonchev–Trinajstić information content (AvgIpc) is 3.99. The van der Waals surface area contributed by atoms with E-state index in [9.17, 15) is 0 Å². The van der Waals surface area contributed by atoms with E-state index >= 15 is 0 Å². The molecule has 5 heteroatoms. The van der Waals surface area contributed by atoms with Gasteiger partial charge in [0.1, 0.15) is 0 Å². The van der Waals surface area contributed by atoms with Gasteiger partial charge in [-0.25, -0.2) is 9.97 Å². The number of rotatable bonds is 4. The fourth-order valence-electron chi connectivity index (χ4n) is 7.15. The largest absolute Gasteiger partial charge is 2.00 e. The number of benzene rings is 4. The van der Waals surface area contributed by atoms with Crippen LogP contribution in [0.25, 0.3) is 90.9 Å². The Morgan fingerprint density at radius 1 is 0.302 bits per heavy atom. The maximum atomic E-state index is 5.37. The Balaban J connectivity index is 0.00000400. The minimum atomic E-state index is 0. The summed E-state index contributed by atoms with van der Waals surface area (Å²) in [6.45, 7) is 8.45. The van der Waals surface area contributed by atoms with E-state index in [4.69, 9.17) is 19.9 Å². The van der Waals surface area contributed by atoms with E-state index in [1.165, 1.54) is 22.3 Å². The van der Waals surface area contributed by atoms with Crippen LogP contribution in [-0.2, 0) is 17.1 Å². The molecular formula is C48H36FeN4. The van der Waals surface area contributed by atoms with Crippen molar-refractivity contribution < 1.29 is 17.1 Å². The maximum absolute atomic E-state index is 5.37. The summed E-state index contributed by atoms with van der Waals surface area (Å²) >= 11 is 0. The number of hydrogen-bond acceptors (Lipinski definition) is 2. The zero-order valence-corrected chi connectivity index (χ0v) is 31.1. The van der Waals surface area contributed by atoms with Gasteiger partial charge in [-0.15, -0.1) is 22.1 Å². The van der Waals surface area contributed by atoms with Gasteiger partial charge in [-0.3, -0.25) is 0 Å². The van der Waals surface area contributed by atoms with Crippen LogP contribution in [0.15, 0.2) is 121 Å². The molecule has 3 aromatic heterocycles. The van der Waals surface area contributed by atoms with E-state index in [2.05, 4.69) is 173 Å². The summed E-state index contributed by atoms with van der Waals surface area (Å²) in [5.41, 5.74) is 19.9. The summed E-state index contributed by atoms with van der Waals surface area (Å²) in [4.78, 5) is 21.5. The third kappa shape index (κ3) is 6.40. The molecule has 2 aliphatic heterocycles. The minimum Gasteiger partial charge on any atom is -0.657 e. The van der Waals surface area contributed by atoms with Crippen molar-refractivity contribution in [2.45, 2.75) is 27.7 Å². The van der Waals surface area contributed by atoms with Crippen LogP contribution in [0.4, 0.5) is 0 Å². The predicted molar refractivity (Wildman–Crippen MR) is 217 cm³/mol. The molecule has 0 saturated carbocycles. The predicted octanol–water partition coefficient (Wildman–Crippen LogP) is 11.8. The molecule has 5 heterocycles. The fraction of sp³-hybridized carbons (Fsp3) is 0.0833. The zero-order chi connectivity index (χ0) is 35.3. The quantitative estimate of drug-likeness (QED) is 0.170. The van der Waals surface area contributed by atoms with Gasteiger partial charge in [-0.05, 0) is 96.5 Å². The molecule has 0 spiro atoms. The Morgan fingerprint density at radius 2 is 0.509 bits per heavy atom. The molecule has 0 radical (unpaired) electrons. The molecule has 256 valence electrons. The second-order valence-corrected chi connectivity index (χ2v) is 13.8. The summed E-state index contributed by atoms with van der Waals surface area (Å²) in [6.07, 6.45) is 8.48. The molecule has 0 fully saturated rings. The second-order valence-electron chi connectivity index (χ2n) is 13.8. The molecule has 9 rings (SSSR count). The van der Waals surface area contributed by atoms with Crippen molar-refractivity contribution in [2.75, 3.05) is 0 Å². The number of aromatic nitrogens is 4. The van der Waals surface area contributed by atoms with E-state index < -0.39 is 0 Å². The molecule has 4 nitrogen and oxygen atoms in total. The van der Waals surface area contributed by atoms with Crippen LogP contribution < -0.4 is 9.97 Å². The smallest absolute Gasteiger partial charge is 0.657 e. The van der Waals surface area contributed by atoms with Crippen molar-refractivity contribution in [1.29, 1.82) is 0 Å². The minimum absolute atomic E-state index is 0. The van der Waals surface area contributed by atoms with Gasteiger partial charge in [-0.1, -0.05) is 144 Å². The van der Waals surface area contributed by atoms with Crippen molar-refractivity contribution >= 4 is 46.4 Å². The Morgan fingerprint density at radius 3 is 0.717 bits per heavy atom. The normalized spacial score (nSPS) is 11.8. The first kappa shape index (κ1) is 34.1. The van der Waals surface area contributed by atoms with Gasteiger partial charge in [0.2, 0.25) is 0 Å². The molecule has 0 aliphatic carbocycles. The van der Waals surface area contributed by atoms with Crippen LogP contribution in [0.5, 0.6) is 0 Å². The Labute approximate surface area is 320 Å². The monoisotopic (exact) mass is 724 g/mol. The van der Waals surface area contributed by atoms with Crippen molar-refractivity contribution in [3.8, 4) is 44.5 Å². The first-order chi connectivity index (χ1) is 25.4. The summed E-state index contributed by atoms with van der Waals surface area (Å²) in [5, 5.41) is 0. The van der Waals surface area contributed by atoms with E-state index in [1.807, 2.05) is 0 Å². The molecule has 0 atom stereocenters. The van der Waals surface area contributed by atoms with E-state index in [-0.39, 0.29) is 17.1 Å². The molecule has 0 amide bonds. The molecule has 53 heavy (non-hydrogen) atoms. The van der Waals surface area contributed by atoms with Gasteiger partial charge in [0.05, 0.1) is 22.8 Å². The number of hydrogen-bond donors (Lipinski definition) is 0. The first-order valence-electron chi connectivity index (χ1n) is 17.7. The van der Waals surface area contributed by atoms with Gasteiger partial charge < -0.3 is 9.97 Å².